The molecule has 0 radical (unpaired) electrons. The number of imidazole rings is 1. The van der Waals surface area contributed by atoms with Crippen LogP contribution in [0, 0.1) is 5.92 Å². The van der Waals surface area contributed by atoms with Crippen molar-refractivity contribution in [1.29, 1.82) is 0 Å². The molecule has 1 aliphatic heterocycles. The van der Waals surface area contributed by atoms with Crippen molar-refractivity contribution in [2.75, 3.05) is 31.7 Å². The third kappa shape index (κ3) is 2.86. The highest BCUT2D eigenvalue weighted by atomic mass is 16.5. The van der Waals surface area contributed by atoms with E-state index in [1.54, 1.807) is 7.11 Å². The first kappa shape index (κ1) is 14.7. The number of nitrogens with one attached hydrogen (secondary N) is 1. The summed E-state index contributed by atoms with van der Waals surface area (Å²) >= 11 is 0. The summed E-state index contributed by atoms with van der Waals surface area (Å²) in [5.41, 5.74) is 1.88. The van der Waals surface area contributed by atoms with Gasteiger partial charge in [-0.15, -0.1) is 0 Å². The van der Waals surface area contributed by atoms with E-state index >= 15 is 0 Å². The zero-order valence-electron chi connectivity index (χ0n) is 13.0. The van der Waals surface area contributed by atoms with Gasteiger partial charge in [-0.2, -0.15) is 0 Å². The Morgan fingerprint density at radius 2 is 2.18 bits per heavy atom. The lowest BCUT2D eigenvalue weighted by atomic mass is 9.97. The molecule has 0 amide bonds. The Hall–Kier alpha value is -2.24. The molecule has 6 heteroatoms. The van der Waals surface area contributed by atoms with Crippen molar-refractivity contribution in [3.63, 3.8) is 0 Å². The number of carbonyl (C=O) groups excluding carboxylic acids is 1. The quantitative estimate of drug-likeness (QED) is 0.878. The summed E-state index contributed by atoms with van der Waals surface area (Å²) < 4.78 is 10.3. The maximum Gasteiger partial charge on any atom is 0.309 e. The van der Waals surface area contributed by atoms with Gasteiger partial charge in [0, 0.05) is 19.2 Å². The fourth-order valence-electron chi connectivity index (χ4n) is 2.84. The van der Waals surface area contributed by atoms with Crippen LogP contribution in [-0.2, 0) is 9.53 Å². The first-order valence-electron chi connectivity index (χ1n) is 7.66. The van der Waals surface area contributed by atoms with E-state index in [1.807, 2.05) is 25.1 Å². The molecule has 6 nitrogen and oxygen atoms in total. The molecule has 0 bridgehead atoms. The number of esters is 1. The minimum atomic E-state index is -0.0727. The van der Waals surface area contributed by atoms with Crippen LogP contribution in [0.1, 0.15) is 19.8 Å². The lowest BCUT2D eigenvalue weighted by molar-refractivity contribution is -0.148. The largest absolute Gasteiger partial charge is 0.497 e. The van der Waals surface area contributed by atoms with Gasteiger partial charge in [0.05, 0.1) is 30.7 Å². The SMILES string of the molecule is CCOC(=O)C1CCN(c2nc3ccc(OC)cc3[nH]2)CC1. The Morgan fingerprint density at radius 1 is 1.41 bits per heavy atom. The summed E-state index contributed by atoms with van der Waals surface area (Å²) in [5.74, 6) is 1.60. The average Bonchev–Trinajstić information content (AvgIpc) is 2.98. The first-order valence-corrected chi connectivity index (χ1v) is 7.66. The zero-order valence-corrected chi connectivity index (χ0v) is 13.0. The minimum absolute atomic E-state index is 0.0145. The van der Waals surface area contributed by atoms with Crippen LogP contribution in [0.3, 0.4) is 0 Å². The molecule has 1 N–H and O–H groups in total. The third-order valence-corrected chi connectivity index (χ3v) is 4.09. The standard InChI is InChI=1S/C16H21N3O3/c1-3-22-15(20)11-6-8-19(9-7-11)16-17-13-5-4-12(21-2)10-14(13)18-16/h4-5,10-11H,3,6-9H2,1-2H3,(H,17,18). The summed E-state index contributed by atoms with van der Waals surface area (Å²) in [6.45, 7) is 3.90. The second kappa shape index (κ2) is 6.25. The Balaban J connectivity index is 1.69. The molecule has 1 saturated heterocycles. The molecule has 22 heavy (non-hydrogen) atoms. The van der Waals surface area contributed by atoms with Gasteiger partial charge in [0.1, 0.15) is 5.75 Å². The molecular weight excluding hydrogens is 282 g/mol. The average molecular weight is 303 g/mol. The number of aromatic amines is 1. The second-order valence-electron chi connectivity index (χ2n) is 5.46. The Morgan fingerprint density at radius 3 is 2.86 bits per heavy atom. The molecule has 2 heterocycles. The Bertz CT molecular complexity index is 660. The summed E-state index contributed by atoms with van der Waals surface area (Å²) in [4.78, 5) is 21.9. The highest BCUT2D eigenvalue weighted by molar-refractivity contribution is 5.79. The predicted molar refractivity (Wildman–Crippen MR) is 84.2 cm³/mol. The molecule has 3 rings (SSSR count). The predicted octanol–water partition coefficient (Wildman–Crippen LogP) is 2.35. The van der Waals surface area contributed by atoms with Gasteiger partial charge in [-0.05, 0) is 31.9 Å². The van der Waals surface area contributed by atoms with Gasteiger partial charge in [0.25, 0.3) is 0 Å². The minimum Gasteiger partial charge on any atom is -0.497 e. The summed E-state index contributed by atoms with van der Waals surface area (Å²) in [6, 6.07) is 5.79. The van der Waals surface area contributed by atoms with Crippen molar-refractivity contribution in [3.8, 4) is 5.75 Å². The van der Waals surface area contributed by atoms with E-state index in [2.05, 4.69) is 14.9 Å². The number of hydrogen-bond donors (Lipinski definition) is 1. The number of nitrogens with zero attached hydrogens (tertiary/aromatic N) is 2. The van der Waals surface area contributed by atoms with Crippen LogP contribution >= 0.6 is 0 Å². The van der Waals surface area contributed by atoms with E-state index in [0.717, 1.165) is 48.7 Å². The lowest BCUT2D eigenvalue weighted by Gasteiger charge is -2.30. The van der Waals surface area contributed by atoms with E-state index < -0.39 is 0 Å². The van der Waals surface area contributed by atoms with Gasteiger partial charge in [0.2, 0.25) is 5.95 Å². The number of H-pyrrole nitrogens is 1. The van der Waals surface area contributed by atoms with Crippen LogP contribution in [0.15, 0.2) is 18.2 Å². The number of anilines is 1. The molecule has 2 aromatic rings. The maximum atomic E-state index is 11.8. The van der Waals surface area contributed by atoms with Crippen molar-refractivity contribution in [2.45, 2.75) is 19.8 Å². The van der Waals surface area contributed by atoms with Gasteiger partial charge in [-0.1, -0.05) is 0 Å². The number of methoxy groups -OCH3 is 1. The van der Waals surface area contributed by atoms with Crippen LogP contribution in [0.5, 0.6) is 5.75 Å². The van der Waals surface area contributed by atoms with Crippen LogP contribution in [0.4, 0.5) is 5.95 Å². The molecule has 0 unspecified atom stereocenters. The topological polar surface area (TPSA) is 67.4 Å². The van der Waals surface area contributed by atoms with Crippen LogP contribution in [0.2, 0.25) is 0 Å². The fourth-order valence-corrected chi connectivity index (χ4v) is 2.84. The fraction of sp³-hybridized carbons (Fsp3) is 0.500. The number of rotatable bonds is 4. The first-order chi connectivity index (χ1) is 10.7. The molecule has 0 atom stereocenters. The number of fused-ring (bicyclic) bond motifs is 1. The molecule has 1 aromatic heterocycles. The van der Waals surface area contributed by atoms with Crippen LogP contribution in [0.25, 0.3) is 11.0 Å². The normalized spacial score (nSPS) is 16.0. The molecule has 118 valence electrons. The number of aromatic nitrogens is 2. The highest BCUT2D eigenvalue weighted by Gasteiger charge is 2.27. The molecule has 1 aliphatic rings. The maximum absolute atomic E-state index is 11.8. The van der Waals surface area contributed by atoms with Gasteiger partial charge in [0.15, 0.2) is 0 Å². The number of hydrogen-bond acceptors (Lipinski definition) is 5. The zero-order chi connectivity index (χ0) is 15.5. The molecular formula is C16H21N3O3. The second-order valence-corrected chi connectivity index (χ2v) is 5.46. The molecule has 0 spiro atoms. The lowest BCUT2D eigenvalue weighted by Crippen LogP contribution is -2.37. The number of piperidine rings is 1. The Kier molecular flexibility index (Phi) is 4.18. The molecule has 1 fully saturated rings. The van der Waals surface area contributed by atoms with E-state index in [4.69, 9.17) is 9.47 Å². The van der Waals surface area contributed by atoms with E-state index in [0.29, 0.717) is 6.61 Å². The molecule has 0 aliphatic carbocycles. The third-order valence-electron chi connectivity index (χ3n) is 4.09. The monoisotopic (exact) mass is 303 g/mol. The molecule has 1 aromatic carbocycles. The number of ether oxygens (including phenoxy) is 2. The van der Waals surface area contributed by atoms with Gasteiger partial charge < -0.3 is 19.4 Å². The number of benzene rings is 1. The highest BCUT2D eigenvalue weighted by Crippen LogP contribution is 2.26. The van der Waals surface area contributed by atoms with Crippen molar-refractivity contribution in [1.82, 2.24) is 9.97 Å². The van der Waals surface area contributed by atoms with Gasteiger partial charge >= 0.3 is 5.97 Å². The van der Waals surface area contributed by atoms with Crippen molar-refractivity contribution in [2.24, 2.45) is 5.92 Å². The van der Waals surface area contributed by atoms with Gasteiger partial charge in [-0.3, -0.25) is 4.79 Å². The van der Waals surface area contributed by atoms with Crippen LogP contribution < -0.4 is 9.64 Å². The smallest absolute Gasteiger partial charge is 0.309 e. The van der Waals surface area contributed by atoms with E-state index in [9.17, 15) is 4.79 Å². The number of carbonyl (C=O) groups is 1. The summed E-state index contributed by atoms with van der Waals surface area (Å²) in [7, 11) is 1.65. The van der Waals surface area contributed by atoms with Crippen molar-refractivity contribution >= 4 is 23.0 Å². The summed E-state index contributed by atoms with van der Waals surface area (Å²) in [5, 5.41) is 0. The van der Waals surface area contributed by atoms with E-state index in [1.165, 1.54) is 0 Å². The molecule has 0 saturated carbocycles. The van der Waals surface area contributed by atoms with Crippen molar-refractivity contribution in [3.05, 3.63) is 18.2 Å². The summed E-state index contributed by atoms with van der Waals surface area (Å²) in [6.07, 6.45) is 1.61. The van der Waals surface area contributed by atoms with Crippen LogP contribution in [-0.4, -0.2) is 42.7 Å². The Labute approximate surface area is 129 Å². The van der Waals surface area contributed by atoms with Gasteiger partial charge in [-0.25, -0.2) is 4.98 Å². The van der Waals surface area contributed by atoms with E-state index in [-0.39, 0.29) is 11.9 Å². The van der Waals surface area contributed by atoms with Crippen molar-refractivity contribution < 1.29 is 14.3 Å².